The zero-order valence-corrected chi connectivity index (χ0v) is 17.8. The van der Waals surface area contributed by atoms with Crippen molar-refractivity contribution in [1.29, 1.82) is 0 Å². The molecule has 0 aromatic rings. The van der Waals surface area contributed by atoms with E-state index in [-0.39, 0.29) is 24.1 Å². The fraction of sp³-hybridized carbons (Fsp3) is 1.00. The highest BCUT2D eigenvalue weighted by molar-refractivity contribution is 7.89. The topological polar surface area (TPSA) is 70.7 Å². The molecule has 2 heterocycles. The first-order chi connectivity index (χ1) is 12.0. The summed E-state index contributed by atoms with van der Waals surface area (Å²) in [5.41, 5.74) is 0. The fourth-order valence-electron chi connectivity index (χ4n) is 4.67. The van der Waals surface area contributed by atoms with Crippen molar-refractivity contribution in [3.05, 3.63) is 0 Å². The summed E-state index contributed by atoms with van der Waals surface area (Å²) in [6.07, 6.45) is 5.63. The quantitative estimate of drug-likeness (QED) is 0.697. The molecule has 0 bridgehead atoms. The smallest absolute Gasteiger partial charge is 0.214 e. The van der Waals surface area contributed by atoms with E-state index in [0.29, 0.717) is 37.1 Å². The highest BCUT2D eigenvalue weighted by atomic mass is 35.5. The predicted octanol–water partition coefficient (Wildman–Crippen LogP) is 1.61. The van der Waals surface area contributed by atoms with Gasteiger partial charge in [-0.15, -0.1) is 12.4 Å². The first-order valence-corrected chi connectivity index (χ1v) is 11.6. The zero-order valence-electron chi connectivity index (χ0n) is 16.2. The summed E-state index contributed by atoms with van der Waals surface area (Å²) >= 11 is 0. The van der Waals surface area contributed by atoms with Crippen LogP contribution >= 0.6 is 12.4 Å². The van der Waals surface area contributed by atoms with E-state index in [1.54, 1.807) is 4.31 Å². The molecule has 3 unspecified atom stereocenters. The number of nitrogens with zero attached hydrogens (tertiary/aromatic N) is 1. The molecule has 26 heavy (non-hydrogen) atoms. The molecule has 0 radical (unpaired) electrons. The molecular formula is C18H36ClN3O3S. The lowest BCUT2D eigenvalue weighted by molar-refractivity contribution is 0.0510. The van der Waals surface area contributed by atoms with Crippen molar-refractivity contribution < 1.29 is 13.2 Å². The first kappa shape index (κ1) is 22.4. The highest BCUT2D eigenvalue weighted by Gasteiger charge is 2.37. The molecule has 3 aliphatic rings. The molecule has 3 rings (SSSR count). The number of ether oxygens (including phenoxy) is 1. The van der Waals surface area contributed by atoms with Gasteiger partial charge in [0.25, 0.3) is 0 Å². The molecule has 154 valence electrons. The molecular weight excluding hydrogens is 374 g/mol. The summed E-state index contributed by atoms with van der Waals surface area (Å²) in [5, 5.41) is 7.48. The summed E-state index contributed by atoms with van der Waals surface area (Å²) in [4.78, 5) is 0. The lowest BCUT2D eigenvalue weighted by Gasteiger charge is -2.37. The van der Waals surface area contributed by atoms with Gasteiger partial charge in [0.15, 0.2) is 0 Å². The third kappa shape index (κ3) is 5.79. The number of nitrogens with one attached hydrogen (secondary N) is 2. The van der Waals surface area contributed by atoms with Gasteiger partial charge < -0.3 is 15.4 Å². The Kier molecular flexibility index (Phi) is 8.63. The minimum atomic E-state index is -3.08. The lowest BCUT2D eigenvalue weighted by atomic mass is 9.92. The van der Waals surface area contributed by atoms with Gasteiger partial charge in [-0.2, -0.15) is 0 Å². The molecule has 0 aromatic heterocycles. The minimum Gasteiger partial charge on any atom is -0.379 e. The molecule has 0 amide bonds. The van der Waals surface area contributed by atoms with Gasteiger partial charge in [0.2, 0.25) is 10.0 Å². The maximum absolute atomic E-state index is 12.4. The van der Waals surface area contributed by atoms with Crippen molar-refractivity contribution in [2.75, 3.05) is 38.6 Å². The van der Waals surface area contributed by atoms with Crippen LogP contribution in [-0.2, 0) is 14.8 Å². The van der Waals surface area contributed by atoms with E-state index in [2.05, 4.69) is 10.6 Å². The molecule has 3 atom stereocenters. The van der Waals surface area contributed by atoms with Crippen LogP contribution in [-0.4, -0.2) is 69.4 Å². The van der Waals surface area contributed by atoms with Gasteiger partial charge in [0.05, 0.1) is 19.0 Å². The van der Waals surface area contributed by atoms with Gasteiger partial charge in [0, 0.05) is 37.8 Å². The molecule has 2 aliphatic heterocycles. The van der Waals surface area contributed by atoms with Crippen LogP contribution in [0, 0.1) is 11.8 Å². The Morgan fingerprint density at radius 1 is 1.19 bits per heavy atom. The molecule has 2 N–H and O–H groups in total. The van der Waals surface area contributed by atoms with Crippen LogP contribution in [0.4, 0.5) is 0 Å². The summed E-state index contributed by atoms with van der Waals surface area (Å²) in [6, 6.07) is 1.46. The Balaban J connectivity index is 0.00000243. The summed E-state index contributed by atoms with van der Waals surface area (Å²) in [6.45, 7) is 7.87. The maximum Gasteiger partial charge on any atom is 0.214 e. The lowest BCUT2D eigenvalue weighted by Crippen LogP contribution is -2.54. The third-order valence-electron chi connectivity index (χ3n) is 5.88. The van der Waals surface area contributed by atoms with E-state index < -0.39 is 10.0 Å². The average Bonchev–Trinajstić information content (AvgIpc) is 3.03. The van der Waals surface area contributed by atoms with Gasteiger partial charge in [-0.1, -0.05) is 20.3 Å². The predicted molar refractivity (Wildman–Crippen MR) is 107 cm³/mol. The number of halogens is 1. The Labute approximate surface area is 165 Å². The van der Waals surface area contributed by atoms with Crippen LogP contribution in [0.25, 0.3) is 0 Å². The molecule has 1 aliphatic carbocycles. The van der Waals surface area contributed by atoms with Gasteiger partial charge >= 0.3 is 0 Å². The Hall–Kier alpha value is 0.0800. The SMILES string of the molecule is CC(C)CS(=O)(=O)N1CCC(NC2CCCC2C2COCCN2)CC1.Cl. The zero-order chi connectivity index (χ0) is 17.9. The second-order valence-corrected chi connectivity index (χ2v) is 10.4. The van der Waals surface area contributed by atoms with Crippen LogP contribution in [0.3, 0.4) is 0 Å². The fourth-order valence-corrected chi connectivity index (χ4v) is 6.49. The Morgan fingerprint density at radius 2 is 1.92 bits per heavy atom. The second-order valence-electron chi connectivity index (χ2n) is 8.35. The Morgan fingerprint density at radius 3 is 2.54 bits per heavy atom. The molecule has 8 heteroatoms. The van der Waals surface area contributed by atoms with E-state index in [9.17, 15) is 8.42 Å². The second kappa shape index (κ2) is 10.0. The van der Waals surface area contributed by atoms with Crippen molar-refractivity contribution in [3.63, 3.8) is 0 Å². The van der Waals surface area contributed by atoms with Crippen molar-refractivity contribution in [3.8, 4) is 0 Å². The van der Waals surface area contributed by atoms with Crippen molar-refractivity contribution in [1.82, 2.24) is 14.9 Å². The van der Waals surface area contributed by atoms with Crippen molar-refractivity contribution in [2.45, 2.75) is 64.1 Å². The van der Waals surface area contributed by atoms with E-state index in [1.807, 2.05) is 13.8 Å². The van der Waals surface area contributed by atoms with E-state index >= 15 is 0 Å². The summed E-state index contributed by atoms with van der Waals surface area (Å²) in [7, 11) is -3.08. The van der Waals surface area contributed by atoms with Gasteiger partial charge in [-0.25, -0.2) is 12.7 Å². The monoisotopic (exact) mass is 409 g/mol. The van der Waals surface area contributed by atoms with Crippen LogP contribution in [0.1, 0.15) is 46.0 Å². The van der Waals surface area contributed by atoms with Gasteiger partial charge in [-0.3, -0.25) is 0 Å². The average molecular weight is 410 g/mol. The molecule has 3 fully saturated rings. The molecule has 0 aromatic carbocycles. The maximum atomic E-state index is 12.4. The number of rotatable bonds is 6. The number of piperidine rings is 1. The minimum absolute atomic E-state index is 0. The van der Waals surface area contributed by atoms with Crippen molar-refractivity contribution in [2.24, 2.45) is 11.8 Å². The van der Waals surface area contributed by atoms with Crippen LogP contribution < -0.4 is 10.6 Å². The summed E-state index contributed by atoms with van der Waals surface area (Å²) < 4.78 is 32.1. The standard InChI is InChI=1S/C18H35N3O3S.ClH/c1-14(2)13-25(22,23)21-9-6-15(7-10-21)20-17-5-3-4-16(17)18-12-24-11-8-19-18;/h14-20H,3-13H2,1-2H3;1H. The van der Waals surface area contributed by atoms with Crippen LogP contribution in [0.5, 0.6) is 0 Å². The van der Waals surface area contributed by atoms with Gasteiger partial charge in [-0.05, 0) is 37.5 Å². The highest BCUT2D eigenvalue weighted by Crippen LogP contribution is 2.30. The molecule has 6 nitrogen and oxygen atoms in total. The number of hydrogen-bond acceptors (Lipinski definition) is 5. The molecule has 0 spiro atoms. The van der Waals surface area contributed by atoms with E-state index in [1.165, 1.54) is 19.3 Å². The number of sulfonamides is 1. The van der Waals surface area contributed by atoms with E-state index in [0.717, 1.165) is 32.6 Å². The van der Waals surface area contributed by atoms with Crippen LogP contribution in [0.15, 0.2) is 0 Å². The number of hydrogen-bond donors (Lipinski definition) is 2. The molecule has 2 saturated heterocycles. The number of morpholine rings is 1. The van der Waals surface area contributed by atoms with Crippen LogP contribution in [0.2, 0.25) is 0 Å². The van der Waals surface area contributed by atoms with Crippen molar-refractivity contribution >= 4 is 22.4 Å². The molecule has 1 saturated carbocycles. The first-order valence-electron chi connectivity index (χ1n) is 10.0. The largest absolute Gasteiger partial charge is 0.379 e. The third-order valence-corrected chi connectivity index (χ3v) is 8.12. The Bertz CT molecular complexity index is 518. The van der Waals surface area contributed by atoms with E-state index in [4.69, 9.17) is 4.74 Å². The van der Waals surface area contributed by atoms with Gasteiger partial charge in [0.1, 0.15) is 0 Å². The normalized spacial score (nSPS) is 31.9. The summed E-state index contributed by atoms with van der Waals surface area (Å²) in [5.74, 6) is 1.09.